The molecule has 3 aromatic rings. The summed E-state index contributed by atoms with van der Waals surface area (Å²) in [6.45, 7) is 3.20. The molecule has 7 heteroatoms. The average molecular weight is 335 g/mol. The van der Waals surface area contributed by atoms with Crippen LogP contribution in [0.2, 0.25) is 5.02 Å². The third-order valence-electron chi connectivity index (χ3n) is 3.04. The molecule has 0 bridgehead atoms. The molecule has 0 unspecified atom stereocenters. The van der Waals surface area contributed by atoms with E-state index in [-0.39, 0.29) is 11.5 Å². The van der Waals surface area contributed by atoms with Crippen LogP contribution in [0.4, 0.5) is 5.13 Å². The highest BCUT2D eigenvalue weighted by Crippen LogP contribution is 2.26. The van der Waals surface area contributed by atoms with Crippen LogP contribution in [0, 0.1) is 6.92 Å². The number of thiazole rings is 1. The molecule has 1 amide bonds. The number of anilines is 1. The van der Waals surface area contributed by atoms with Gasteiger partial charge in [0.1, 0.15) is 5.58 Å². The van der Waals surface area contributed by atoms with Crippen LogP contribution < -0.4 is 5.32 Å². The summed E-state index contributed by atoms with van der Waals surface area (Å²) in [7, 11) is 0. The van der Waals surface area contributed by atoms with Gasteiger partial charge in [0.2, 0.25) is 0 Å². The number of hydrogen-bond acceptors (Lipinski definition) is 5. The van der Waals surface area contributed by atoms with E-state index in [0.717, 1.165) is 16.7 Å². The van der Waals surface area contributed by atoms with Gasteiger partial charge in [-0.15, -0.1) is 0 Å². The van der Waals surface area contributed by atoms with E-state index in [0.29, 0.717) is 26.3 Å². The number of fused-ring (bicyclic) bond motifs is 1. The molecule has 112 valence electrons. The van der Waals surface area contributed by atoms with E-state index in [1.807, 2.05) is 0 Å². The summed E-state index contributed by atoms with van der Waals surface area (Å²) in [6.07, 6.45) is 0. The molecule has 0 aliphatic carbocycles. The lowest BCUT2D eigenvalue weighted by atomic mass is 10.2. The summed E-state index contributed by atoms with van der Waals surface area (Å²) in [5, 5.41) is 4.33. The van der Waals surface area contributed by atoms with Gasteiger partial charge in [-0.1, -0.05) is 22.9 Å². The fourth-order valence-corrected chi connectivity index (χ4v) is 3.10. The number of nitrogens with one attached hydrogen (secondary N) is 1. The number of ketones is 1. The topological polar surface area (TPSA) is 72.2 Å². The molecule has 5 nitrogen and oxygen atoms in total. The average Bonchev–Trinajstić information content (AvgIpc) is 3.01. The predicted molar refractivity (Wildman–Crippen MR) is 86.0 cm³/mol. The van der Waals surface area contributed by atoms with Crippen molar-refractivity contribution in [1.29, 1.82) is 0 Å². The van der Waals surface area contributed by atoms with Crippen LogP contribution in [0.1, 0.15) is 32.8 Å². The molecule has 0 aliphatic rings. The molecule has 0 saturated carbocycles. The van der Waals surface area contributed by atoms with E-state index in [2.05, 4.69) is 10.3 Å². The predicted octanol–water partition coefficient (Wildman–Crippen LogP) is 4.31. The smallest absolute Gasteiger partial charge is 0.293 e. The third-order valence-corrected chi connectivity index (χ3v) is 4.45. The standard InChI is InChI=1S/C15H11ClN2O3S/c1-7-13(8(2)19)22-15(17-7)18-14(20)12-6-9-5-10(16)3-4-11(9)21-12/h3-6H,1-2H3,(H,17,18,20). The molecule has 0 atom stereocenters. The van der Waals surface area contributed by atoms with Crippen LogP contribution in [0.3, 0.4) is 0 Å². The number of amides is 1. The van der Waals surface area contributed by atoms with Crippen molar-refractivity contribution in [3.8, 4) is 0 Å². The lowest BCUT2D eigenvalue weighted by molar-refractivity contribution is 0.0995. The molecule has 2 heterocycles. The fraction of sp³-hybridized carbons (Fsp3) is 0.133. The summed E-state index contributed by atoms with van der Waals surface area (Å²) in [5.74, 6) is -0.334. The third kappa shape index (κ3) is 2.75. The lowest BCUT2D eigenvalue weighted by Gasteiger charge is -1.96. The van der Waals surface area contributed by atoms with Gasteiger partial charge in [0, 0.05) is 17.3 Å². The largest absolute Gasteiger partial charge is 0.451 e. The van der Waals surface area contributed by atoms with E-state index >= 15 is 0 Å². The van der Waals surface area contributed by atoms with Gasteiger partial charge >= 0.3 is 0 Å². The Morgan fingerprint density at radius 1 is 1.32 bits per heavy atom. The van der Waals surface area contributed by atoms with E-state index in [9.17, 15) is 9.59 Å². The highest BCUT2D eigenvalue weighted by molar-refractivity contribution is 7.17. The summed E-state index contributed by atoms with van der Waals surface area (Å²) in [6, 6.07) is 6.73. The summed E-state index contributed by atoms with van der Waals surface area (Å²) >= 11 is 7.05. The molecule has 0 radical (unpaired) electrons. The van der Waals surface area contributed by atoms with Gasteiger partial charge in [-0.25, -0.2) is 4.98 Å². The Kier molecular flexibility index (Phi) is 3.72. The zero-order valence-electron chi connectivity index (χ0n) is 11.8. The zero-order chi connectivity index (χ0) is 15.9. The van der Waals surface area contributed by atoms with Crippen LogP contribution in [-0.2, 0) is 0 Å². The number of rotatable bonds is 3. The number of halogens is 1. The molecule has 0 spiro atoms. The number of benzene rings is 1. The first-order chi connectivity index (χ1) is 10.4. The van der Waals surface area contributed by atoms with Gasteiger partial charge in [0.05, 0.1) is 10.6 Å². The zero-order valence-corrected chi connectivity index (χ0v) is 13.3. The monoisotopic (exact) mass is 334 g/mol. The Bertz CT molecular complexity index is 897. The molecule has 3 rings (SSSR count). The second-order valence-corrected chi connectivity index (χ2v) is 6.17. The van der Waals surface area contributed by atoms with Crippen molar-refractivity contribution in [3.05, 3.63) is 45.6 Å². The van der Waals surface area contributed by atoms with Crippen molar-refractivity contribution in [1.82, 2.24) is 4.98 Å². The molecule has 1 N–H and O–H groups in total. The van der Waals surface area contributed by atoms with E-state index in [1.54, 1.807) is 31.2 Å². The molecule has 0 fully saturated rings. The number of carbonyl (C=O) groups is 2. The highest BCUT2D eigenvalue weighted by atomic mass is 35.5. The number of Topliss-reactive ketones (excluding diaryl/α,β-unsaturated/α-hetero) is 1. The number of furan rings is 1. The van der Waals surface area contributed by atoms with Crippen LogP contribution in [0.25, 0.3) is 11.0 Å². The van der Waals surface area contributed by atoms with Crippen LogP contribution in [-0.4, -0.2) is 16.7 Å². The SMILES string of the molecule is CC(=O)c1sc(NC(=O)c2cc3cc(Cl)ccc3o2)nc1C. The van der Waals surface area contributed by atoms with Gasteiger partial charge in [0.15, 0.2) is 16.7 Å². The fourth-order valence-electron chi connectivity index (χ4n) is 2.06. The van der Waals surface area contributed by atoms with Crippen molar-refractivity contribution < 1.29 is 14.0 Å². The van der Waals surface area contributed by atoms with Crippen molar-refractivity contribution in [2.24, 2.45) is 0 Å². The highest BCUT2D eigenvalue weighted by Gasteiger charge is 2.17. The maximum atomic E-state index is 12.2. The number of aryl methyl sites for hydroxylation is 1. The van der Waals surface area contributed by atoms with Gasteiger partial charge in [-0.05, 0) is 31.2 Å². The molecular formula is C15H11ClN2O3S. The first-order valence-electron chi connectivity index (χ1n) is 6.43. The van der Waals surface area contributed by atoms with Crippen LogP contribution >= 0.6 is 22.9 Å². The van der Waals surface area contributed by atoms with Gasteiger partial charge in [0.25, 0.3) is 5.91 Å². The number of aromatic nitrogens is 1. The summed E-state index contributed by atoms with van der Waals surface area (Å²) < 4.78 is 5.48. The van der Waals surface area contributed by atoms with Gasteiger partial charge < -0.3 is 4.42 Å². The van der Waals surface area contributed by atoms with Gasteiger partial charge in [-0.2, -0.15) is 0 Å². The first-order valence-corrected chi connectivity index (χ1v) is 7.62. The second-order valence-electron chi connectivity index (χ2n) is 4.74. The molecule has 22 heavy (non-hydrogen) atoms. The Morgan fingerprint density at radius 2 is 2.09 bits per heavy atom. The molecular weight excluding hydrogens is 324 g/mol. The maximum Gasteiger partial charge on any atom is 0.293 e. The minimum atomic E-state index is -0.420. The van der Waals surface area contributed by atoms with Crippen LogP contribution in [0.5, 0.6) is 0 Å². The Labute approximate surface area is 134 Å². The van der Waals surface area contributed by atoms with Crippen molar-refractivity contribution in [2.45, 2.75) is 13.8 Å². The molecule has 1 aromatic carbocycles. The molecule has 0 saturated heterocycles. The molecule has 0 aliphatic heterocycles. The van der Waals surface area contributed by atoms with Crippen molar-refractivity contribution >= 4 is 50.7 Å². The second kappa shape index (κ2) is 5.55. The van der Waals surface area contributed by atoms with Gasteiger partial charge in [-0.3, -0.25) is 14.9 Å². The van der Waals surface area contributed by atoms with E-state index in [1.165, 1.54) is 6.92 Å². The van der Waals surface area contributed by atoms with E-state index < -0.39 is 5.91 Å². The normalized spacial score (nSPS) is 10.9. The number of nitrogens with zero attached hydrogens (tertiary/aromatic N) is 1. The maximum absolute atomic E-state index is 12.2. The minimum Gasteiger partial charge on any atom is -0.451 e. The number of carbonyl (C=O) groups excluding carboxylic acids is 2. The van der Waals surface area contributed by atoms with Crippen LogP contribution in [0.15, 0.2) is 28.7 Å². The van der Waals surface area contributed by atoms with Crippen molar-refractivity contribution in [3.63, 3.8) is 0 Å². The minimum absolute atomic E-state index is 0.0751. The molecule has 2 aromatic heterocycles. The van der Waals surface area contributed by atoms with E-state index in [4.69, 9.17) is 16.0 Å². The quantitative estimate of drug-likeness (QED) is 0.724. The Hall–Kier alpha value is -2.18. The lowest BCUT2D eigenvalue weighted by Crippen LogP contribution is -2.10. The first kappa shape index (κ1) is 14.7. The number of hydrogen-bond donors (Lipinski definition) is 1. The Morgan fingerprint density at radius 3 is 2.77 bits per heavy atom. The summed E-state index contributed by atoms with van der Waals surface area (Å²) in [4.78, 5) is 28.3. The Balaban J connectivity index is 1.86. The van der Waals surface area contributed by atoms with Crippen molar-refractivity contribution in [2.75, 3.05) is 5.32 Å². The summed E-state index contributed by atoms with van der Waals surface area (Å²) in [5.41, 5.74) is 1.18.